The van der Waals surface area contributed by atoms with E-state index in [1.165, 1.54) is 18.2 Å². The van der Waals surface area contributed by atoms with E-state index >= 15 is 0 Å². The van der Waals surface area contributed by atoms with Crippen LogP contribution in [0.5, 0.6) is 0 Å². The Labute approximate surface area is 141 Å². The molecule has 1 aliphatic heterocycles. The monoisotopic (exact) mass is 333 g/mol. The zero-order chi connectivity index (χ0) is 17.7. The van der Waals surface area contributed by atoms with Crippen molar-refractivity contribution >= 4 is 11.4 Å². The molecule has 1 heterocycles. The van der Waals surface area contributed by atoms with Crippen LogP contribution in [-0.2, 0) is 0 Å². The van der Waals surface area contributed by atoms with E-state index in [4.69, 9.17) is 0 Å². The quantitative estimate of drug-likeness (QED) is 0.598. The summed E-state index contributed by atoms with van der Waals surface area (Å²) in [6, 6.07) is 6.17. The van der Waals surface area contributed by atoms with Crippen LogP contribution in [0.2, 0.25) is 0 Å². The molecule has 24 heavy (non-hydrogen) atoms. The Kier molecular flexibility index (Phi) is 6.09. The van der Waals surface area contributed by atoms with Crippen LogP contribution in [0.4, 0.5) is 11.4 Å². The second-order valence-corrected chi connectivity index (χ2v) is 6.21. The highest BCUT2D eigenvalue weighted by atomic mass is 16.6. The summed E-state index contributed by atoms with van der Waals surface area (Å²) in [4.78, 5) is 16.6. The topological polar surface area (TPSA) is 96.9 Å². The zero-order valence-corrected chi connectivity index (χ0v) is 14.1. The Bertz CT molecular complexity index is 623. The smallest absolute Gasteiger partial charge is 0.271 e. The maximum Gasteiger partial charge on any atom is 0.271 e. The van der Waals surface area contributed by atoms with Gasteiger partial charge in [-0.25, -0.2) is 0 Å². The zero-order valence-electron chi connectivity index (χ0n) is 14.1. The lowest BCUT2D eigenvalue weighted by atomic mass is 10.1. The minimum Gasteiger partial charge on any atom is -0.390 e. The normalized spacial score (nSPS) is 17.2. The number of non-ortho nitro benzene ring substituents is 1. The molecule has 0 aliphatic carbocycles. The summed E-state index contributed by atoms with van der Waals surface area (Å²) in [6.07, 6.45) is -0.593. The van der Waals surface area contributed by atoms with E-state index in [9.17, 15) is 20.5 Å². The largest absolute Gasteiger partial charge is 0.390 e. The molecule has 1 fully saturated rings. The van der Waals surface area contributed by atoms with Gasteiger partial charge in [-0.2, -0.15) is 5.26 Å². The van der Waals surface area contributed by atoms with E-state index in [0.717, 1.165) is 26.2 Å². The van der Waals surface area contributed by atoms with Crippen LogP contribution in [0.3, 0.4) is 0 Å². The molecular formula is C16H23N5O3. The average Bonchev–Trinajstić information content (AvgIpc) is 2.56. The van der Waals surface area contributed by atoms with Crippen molar-refractivity contribution in [2.75, 3.05) is 58.3 Å². The molecule has 2 rings (SSSR count). The number of aliphatic hydroxyl groups is 1. The van der Waals surface area contributed by atoms with Crippen molar-refractivity contribution < 1.29 is 10.0 Å². The van der Waals surface area contributed by atoms with E-state index < -0.39 is 11.0 Å². The van der Waals surface area contributed by atoms with E-state index in [0.29, 0.717) is 24.3 Å². The number of nitrogens with zero attached hydrogens (tertiary/aromatic N) is 5. The predicted octanol–water partition coefficient (Wildman–Crippen LogP) is 0.511. The number of hydrogen-bond donors (Lipinski definition) is 1. The number of nitriles is 1. The van der Waals surface area contributed by atoms with Gasteiger partial charge in [0.25, 0.3) is 5.69 Å². The molecule has 0 bridgehead atoms. The molecule has 0 radical (unpaired) electrons. The van der Waals surface area contributed by atoms with E-state index in [2.05, 4.69) is 16.8 Å². The second-order valence-electron chi connectivity index (χ2n) is 6.21. The van der Waals surface area contributed by atoms with Crippen molar-refractivity contribution in [1.82, 2.24) is 9.80 Å². The Morgan fingerprint density at radius 1 is 1.42 bits per heavy atom. The third kappa shape index (κ3) is 4.64. The van der Waals surface area contributed by atoms with Crippen LogP contribution in [0.25, 0.3) is 0 Å². The van der Waals surface area contributed by atoms with Gasteiger partial charge in [0.1, 0.15) is 6.07 Å². The molecule has 1 aromatic carbocycles. The minimum atomic E-state index is -0.593. The molecule has 8 nitrogen and oxygen atoms in total. The third-order valence-corrected chi connectivity index (χ3v) is 4.27. The molecule has 130 valence electrons. The number of hydrogen-bond acceptors (Lipinski definition) is 7. The Morgan fingerprint density at radius 3 is 2.67 bits per heavy atom. The number of nitro benzene ring substituents is 1. The van der Waals surface area contributed by atoms with Crippen LogP contribution in [0.15, 0.2) is 18.2 Å². The highest BCUT2D eigenvalue weighted by molar-refractivity contribution is 5.63. The predicted molar refractivity (Wildman–Crippen MR) is 91.0 cm³/mol. The number of rotatable bonds is 6. The molecule has 1 aromatic rings. The van der Waals surface area contributed by atoms with Crippen molar-refractivity contribution in [3.05, 3.63) is 33.9 Å². The van der Waals surface area contributed by atoms with Crippen LogP contribution in [0, 0.1) is 21.4 Å². The van der Waals surface area contributed by atoms with Crippen molar-refractivity contribution in [3.8, 4) is 6.07 Å². The van der Waals surface area contributed by atoms with Gasteiger partial charge >= 0.3 is 0 Å². The number of anilines is 1. The van der Waals surface area contributed by atoms with Crippen molar-refractivity contribution in [2.45, 2.75) is 6.10 Å². The van der Waals surface area contributed by atoms with Gasteiger partial charge in [0, 0.05) is 58.4 Å². The molecule has 0 saturated carbocycles. The first kappa shape index (κ1) is 18.1. The third-order valence-electron chi connectivity index (χ3n) is 4.27. The lowest BCUT2D eigenvalue weighted by molar-refractivity contribution is -0.384. The molecular weight excluding hydrogens is 310 g/mol. The van der Waals surface area contributed by atoms with Gasteiger partial charge in [-0.15, -0.1) is 0 Å². The number of β-amino-alcohol motifs (C(OH)–C–C–N with tert-alkyl or cyclic N) is 1. The van der Waals surface area contributed by atoms with Gasteiger partial charge in [-0.3, -0.25) is 15.0 Å². The second kappa shape index (κ2) is 8.06. The molecule has 1 N–H and O–H groups in total. The van der Waals surface area contributed by atoms with Crippen LogP contribution < -0.4 is 4.90 Å². The first-order valence-corrected chi connectivity index (χ1v) is 7.89. The molecule has 0 unspecified atom stereocenters. The Hall–Kier alpha value is -2.21. The van der Waals surface area contributed by atoms with Crippen LogP contribution >= 0.6 is 0 Å². The SMILES string of the molecule is CN1CCN(C[C@@H](O)CN(C)c2cc([N+](=O)[O-])ccc2C#N)CC1. The number of nitro groups is 1. The highest BCUT2D eigenvalue weighted by Crippen LogP contribution is 2.25. The van der Waals surface area contributed by atoms with E-state index in [1.807, 2.05) is 6.07 Å². The highest BCUT2D eigenvalue weighted by Gasteiger charge is 2.20. The summed E-state index contributed by atoms with van der Waals surface area (Å²) in [7, 11) is 3.81. The van der Waals surface area contributed by atoms with Gasteiger partial charge in [0.05, 0.1) is 22.3 Å². The lowest BCUT2D eigenvalue weighted by Gasteiger charge is -2.34. The number of likely N-dealkylation sites (N-methyl/N-ethyl adjacent to an activating group) is 2. The van der Waals surface area contributed by atoms with E-state index in [-0.39, 0.29) is 5.69 Å². The van der Waals surface area contributed by atoms with Gasteiger partial charge in [0.2, 0.25) is 0 Å². The fraction of sp³-hybridized carbons (Fsp3) is 0.562. The summed E-state index contributed by atoms with van der Waals surface area (Å²) < 4.78 is 0. The maximum absolute atomic E-state index is 10.9. The fourth-order valence-corrected chi connectivity index (χ4v) is 2.84. The molecule has 8 heteroatoms. The average molecular weight is 333 g/mol. The molecule has 1 atom stereocenters. The summed E-state index contributed by atoms with van der Waals surface area (Å²) in [6.45, 7) is 4.64. The molecule has 0 spiro atoms. The number of benzene rings is 1. The molecule has 1 aliphatic rings. The summed E-state index contributed by atoms with van der Waals surface area (Å²) in [5.41, 5.74) is 0.753. The molecule has 1 saturated heterocycles. The van der Waals surface area contributed by atoms with E-state index in [1.54, 1.807) is 11.9 Å². The minimum absolute atomic E-state index is 0.0654. The van der Waals surface area contributed by atoms with Crippen molar-refractivity contribution in [1.29, 1.82) is 5.26 Å². The van der Waals surface area contributed by atoms with Crippen LogP contribution in [0.1, 0.15) is 5.56 Å². The van der Waals surface area contributed by atoms with Gasteiger partial charge in [0.15, 0.2) is 0 Å². The summed E-state index contributed by atoms with van der Waals surface area (Å²) in [5.74, 6) is 0. The standard InChI is InChI=1S/C16H23N5O3/c1-18-5-7-20(8-6-18)12-15(22)11-19(2)16-9-14(21(23)24)4-3-13(16)10-17/h3-4,9,15,22H,5-8,11-12H2,1-2H3/t15-/m0/s1. The molecule has 0 aromatic heterocycles. The lowest BCUT2D eigenvalue weighted by Crippen LogP contribution is -2.48. The fourth-order valence-electron chi connectivity index (χ4n) is 2.84. The first-order valence-electron chi connectivity index (χ1n) is 7.89. The van der Waals surface area contributed by atoms with Gasteiger partial charge in [-0.05, 0) is 13.1 Å². The van der Waals surface area contributed by atoms with Crippen LogP contribution in [-0.4, -0.2) is 79.3 Å². The maximum atomic E-state index is 10.9. The Balaban J connectivity index is 2.00. The summed E-state index contributed by atoms with van der Waals surface area (Å²) in [5, 5.41) is 30.5. The number of aliphatic hydroxyl groups excluding tert-OH is 1. The molecule has 0 amide bonds. The van der Waals surface area contributed by atoms with Crippen molar-refractivity contribution in [2.24, 2.45) is 0 Å². The Morgan fingerprint density at radius 2 is 2.08 bits per heavy atom. The van der Waals surface area contributed by atoms with Gasteiger partial charge in [-0.1, -0.05) is 0 Å². The van der Waals surface area contributed by atoms with Crippen molar-refractivity contribution in [3.63, 3.8) is 0 Å². The van der Waals surface area contributed by atoms with Gasteiger partial charge < -0.3 is 14.9 Å². The summed E-state index contributed by atoms with van der Waals surface area (Å²) >= 11 is 0. The number of piperazine rings is 1. The first-order chi connectivity index (χ1) is 11.4.